The Bertz CT molecular complexity index is 147. The minimum atomic E-state index is -1.00. The van der Waals surface area contributed by atoms with Crippen LogP contribution in [-0.4, -0.2) is 39.9 Å². The van der Waals surface area contributed by atoms with Gasteiger partial charge in [-0.3, -0.25) is 0 Å². The van der Waals surface area contributed by atoms with Crippen molar-refractivity contribution in [2.45, 2.75) is 31.0 Å². The molecule has 1 aliphatic rings. The summed E-state index contributed by atoms with van der Waals surface area (Å²) in [6, 6.07) is 0. The van der Waals surface area contributed by atoms with Crippen molar-refractivity contribution in [2.24, 2.45) is 0 Å². The maximum absolute atomic E-state index is 9.20. The van der Waals surface area contributed by atoms with Gasteiger partial charge in [-0.25, -0.2) is 0 Å². The first kappa shape index (κ1) is 8.67. The lowest BCUT2D eigenvalue weighted by Gasteiger charge is -2.33. The van der Waals surface area contributed by atoms with Crippen molar-refractivity contribution in [3.05, 3.63) is 12.7 Å². The Labute approximate surface area is 64.7 Å². The van der Waals surface area contributed by atoms with Crippen molar-refractivity contribution in [3.8, 4) is 0 Å². The first-order valence-electron chi connectivity index (χ1n) is 3.47. The van der Waals surface area contributed by atoms with E-state index in [0.717, 1.165) is 0 Å². The van der Waals surface area contributed by atoms with Gasteiger partial charge in [-0.2, -0.15) is 0 Å². The van der Waals surface area contributed by atoms with Gasteiger partial charge in [0.2, 0.25) is 0 Å². The van der Waals surface area contributed by atoms with Gasteiger partial charge in [-0.1, -0.05) is 6.08 Å². The maximum Gasteiger partial charge on any atom is 0.158 e. The largest absolute Gasteiger partial charge is 0.390 e. The fraction of sp³-hybridized carbons (Fsp3) is 0.714. The summed E-state index contributed by atoms with van der Waals surface area (Å²) in [5.74, 6) is 0. The molecule has 0 amide bonds. The summed E-state index contributed by atoms with van der Waals surface area (Å²) < 4.78 is 4.85. The van der Waals surface area contributed by atoms with Gasteiger partial charge in [0.25, 0.3) is 0 Å². The van der Waals surface area contributed by atoms with Gasteiger partial charge in [-0.05, 0) is 0 Å². The van der Waals surface area contributed by atoms with E-state index in [1.165, 1.54) is 6.08 Å². The summed E-state index contributed by atoms with van der Waals surface area (Å²) in [4.78, 5) is 0. The highest BCUT2D eigenvalue weighted by atomic mass is 16.6. The molecule has 0 saturated carbocycles. The predicted octanol–water partition coefficient (Wildman–Crippen LogP) is -0.999. The van der Waals surface area contributed by atoms with Gasteiger partial charge in [-0.15, -0.1) is 6.58 Å². The monoisotopic (exact) mass is 160 g/mol. The average Bonchev–Trinajstić information content (AvgIpc) is 1.96. The molecule has 1 heterocycles. The molecule has 0 aliphatic carbocycles. The molecule has 1 unspecified atom stereocenters. The first-order chi connectivity index (χ1) is 5.15. The average molecular weight is 160 g/mol. The third-order valence-electron chi connectivity index (χ3n) is 1.72. The number of hydrogen-bond acceptors (Lipinski definition) is 4. The zero-order valence-corrected chi connectivity index (χ0v) is 6.05. The quantitative estimate of drug-likeness (QED) is 0.430. The third-order valence-corrected chi connectivity index (χ3v) is 1.72. The van der Waals surface area contributed by atoms with Gasteiger partial charge in [0.1, 0.15) is 12.2 Å². The number of ether oxygens (including phenoxy) is 1. The second-order valence-electron chi connectivity index (χ2n) is 2.58. The number of hydrogen-bond donors (Lipinski definition) is 3. The molecular weight excluding hydrogens is 148 g/mol. The van der Waals surface area contributed by atoms with Gasteiger partial charge in [0, 0.05) is 6.42 Å². The molecule has 11 heavy (non-hydrogen) atoms. The molecular formula is C7H12O4. The van der Waals surface area contributed by atoms with E-state index >= 15 is 0 Å². The fourth-order valence-corrected chi connectivity index (χ4v) is 1.08. The van der Waals surface area contributed by atoms with Crippen LogP contribution in [0.4, 0.5) is 0 Å². The van der Waals surface area contributed by atoms with Crippen molar-refractivity contribution in [2.75, 3.05) is 0 Å². The minimum absolute atomic E-state index is 0.0471. The summed E-state index contributed by atoms with van der Waals surface area (Å²) in [6.45, 7) is 3.40. The Hall–Kier alpha value is -0.420. The Kier molecular flexibility index (Phi) is 2.62. The molecule has 4 nitrogen and oxygen atoms in total. The Morgan fingerprint density at radius 1 is 1.36 bits per heavy atom. The molecule has 64 valence electrons. The second kappa shape index (κ2) is 3.32. The highest BCUT2D eigenvalue weighted by molar-refractivity contribution is 4.92. The van der Waals surface area contributed by atoms with E-state index in [0.29, 0.717) is 0 Å². The van der Waals surface area contributed by atoms with Gasteiger partial charge < -0.3 is 20.1 Å². The zero-order valence-electron chi connectivity index (χ0n) is 6.05. The molecule has 0 radical (unpaired) electrons. The molecule has 1 rings (SSSR count). The van der Waals surface area contributed by atoms with Crippen LogP contribution in [0.3, 0.4) is 0 Å². The Balaban J connectivity index is 2.58. The second-order valence-corrected chi connectivity index (χ2v) is 2.58. The van der Waals surface area contributed by atoms with Gasteiger partial charge in [0.15, 0.2) is 6.29 Å². The van der Waals surface area contributed by atoms with Crippen LogP contribution in [0.5, 0.6) is 0 Å². The summed E-state index contributed by atoms with van der Waals surface area (Å²) in [5, 5.41) is 27.3. The van der Waals surface area contributed by atoms with E-state index in [2.05, 4.69) is 6.58 Å². The lowest BCUT2D eigenvalue weighted by Crippen LogP contribution is -2.47. The van der Waals surface area contributed by atoms with Crippen LogP contribution in [0.1, 0.15) is 6.42 Å². The SMILES string of the molecule is C=C[C@H]1OC(O)C[C@@H](O)[C@@H]1O. The lowest BCUT2D eigenvalue weighted by atomic mass is 10.0. The molecule has 1 saturated heterocycles. The lowest BCUT2D eigenvalue weighted by molar-refractivity contribution is -0.218. The molecule has 4 heteroatoms. The van der Waals surface area contributed by atoms with Gasteiger partial charge >= 0.3 is 0 Å². The van der Waals surface area contributed by atoms with Crippen molar-refractivity contribution in [1.29, 1.82) is 0 Å². The predicted molar refractivity (Wildman–Crippen MR) is 37.7 cm³/mol. The van der Waals surface area contributed by atoms with Crippen molar-refractivity contribution < 1.29 is 20.1 Å². The summed E-state index contributed by atoms with van der Waals surface area (Å²) in [6.07, 6.45) is -2.18. The molecule has 3 N–H and O–H groups in total. The van der Waals surface area contributed by atoms with E-state index in [9.17, 15) is 5.11 Å². The molecule has 0 aromatic carbocycles. The third kappa shape index (κ3) is 1.78. The Morgan fingerprint density at radius 2 is 2.00 bits per heavy atom. The zero-order chi connectivity index (χ0) is 8.43. The molecule has 0 aromatic heterocycles. The topological polar surface area (TPSA) is 69.9 Å². The van der Waals surface area contributed by atoms with E-state index in [4.69, 9.17) is 14.9 Å². The van der Waals surface area contributed by atoms with Gasteiger partial charge in [0.05, 0.1) is 6.10 Å². The number of aliphatic hydroxyl groups excluding tert-OH is 3. The molecule has 4 atom stereocenters. The normalized spacial score (nSPS) is 45.4. The Morgan fingerprint density at radius 3 is 2.55 bits per heavy atom. The summed E-state index contributed by atoms with van der Waals surface area (Å²) in [5.41, 5.74) is 0. The first-order valence-corrected chi connectivity index (χ1v) is 3.47. The molecule has 1 fully saturated rings. The molecule has 0 bridgehead atoms. The minimum Gasteiger partial charge on any atom is -0.390 e. The standard InChI is InChI=1S/C7H12O4/c1-2-5-7(10)4(8)3-6(9)11-5/h2,4-10H,1,3H2/t4-,5-,6?,7+/m1/s1. The highest BCUT2D eigenvalue weighted by Crippen LogP contribution is 2.19. The van der Waals surface area contributed by atoms with Crippen molar-refractivity contribution in [1.82, 2.24) is 0 Å². The molecule has 0 spiro atoms. The van der Waals surface area contributed by atoms with Crippen LogP contribution >= 0.6 is 0 Å². The van der Waals surface area contributed by atoms with Crippen LogP contribution in [0.25, 0.3) is 0 Å². The van der Waals surface area contributed by atoms with Crippen LogP contribution in [-0.2, 0) is 4.74 Å². The van der Waals surface area contributed by atoms with E-state index in [-0.39, 0.29) is 6.42 Å². The maximum atomic E-state index is 9.20. The van der Waals surface area contributed by atoms with Crippen molar-refractivity contribution >= 4 is 0 Å². The van der Waals surface area contributed by atoms with Crippen LogP contribution < -0.4 is 0 Å². The van der Waals surface area contributed by atoms with Crippen molar-refractivity contribution in [3.63, 3.8) is 0 Å². The van der Waals surface area contributed by atoms with Crippen LogP contribution in [0.15, 0.2) is 12.7 Å². The number of rotatable bonds is 1. The summed E-state index contributed by atoms with van der Waals surface area (Å²) >= 11 is 0. The molecule has 0 aromatic rings. The highest BCUT2D eigenvalue weighted by Gasteiger charge is 2.33. The van der Waals surface area contributed by atoms with Crippen LogP contribution in [0, 0.1) is 0 Å². The van der Waals surface area contributed by atoms with E-state index in [1.54, 1.807) is 0 Å². The molecule has 1 aliphatic heterocycles. The van der Waals surface area contributed by atoms with E-state index in [1.807, 2.05) is 0 Å². The fourth-order valence-electron chi connectivity index (χ4n) is 1.08. The summed E-state index contributed by atoms with van der Waals surface area (Å²) in [7, 11) is 0. The number of aliphatic hydroxyl groups is 3. The van der Waals surface area contributed by atoms with E-state index < -0.39 is 24.6 Å². The van der Waals surface area contributed by atoms with Crippen LogP contribution in [0.2, 0.25) is 0 Å². The smallest absolute Gasteiger partial charge is 0.158 e.